The Morgan fingerprint density at radius 3 is 2.20 bits per heavy atom. The Balaban J connectivity index is 1.83. The highest BCUT2D eigenvalue weighted by atomic mass is 35.5. The Hall–Kier alpha value is -4.21. The predicted octanol–water partition coefficient (Wildman–Crippen LogP) is 6.15. The van der Waals surface area contributed by atoms with Crippen LogP contribution in [0.25, 0.3) is 0 Å². The minimum atomic E-state index is -4.27. The van der Waals surface area contributed by atoms with Crippen LogP contribution in [-0.2, 0) is 32.6 Å². The molecule has 230 valence electrons. The molecule has 0 spiro atoms. The van der Waals surface area contributed by atoms with Gasteiger partial charge < -0.3 is 10.2 Å². The van der Waals surface area contributed by atoms with Gasteiger partial charge in [-0.2, -0.15) is 0 Å². The lowest BCUT2D eigenvalue weighted by atomic mass is 10.0. The summed E-state index contributed by atoms with van der Waals surface area (Å²) in [6.07, 6.45) is 0.806. The number of carbonyl (C=O) groups excluding carboxylic acids is 2. The molecule has 0 aliphatic carbocycles. The molecule has 0 bridgehead atoms. The van der Waals surface area contributed by atoms with E-state index in [2.05, 4.69) is 5.32 Å². The van der Waals surface area contributed by atoms with Crippen LogP contribution in [0.15, 0.2) is 108 Å². The number of benzene rings is 4. The first-order valence-electron chi connectivity index (χ1n) is 14.3. The Kier molecular flexibility index (Phi) is 11.1. The van der Waals surface area contributed by atoms with Crippen molar-refractivity contribution in [1.29, 1.82) is 0 Å². The van der Waals surface area contributed by atoms with E-state index in [0.717, 1.165) is 9.87 Å². The van der Waals surface area contributed by atoms with Crippen molar-refractivity contribution in [1.82, 2.24) is 10.2 Å². The molecule has 4 aromatic carbocycles. The molecular weight excluding hydrogens is 601 g/mol. The summed E-state index contributed by atoms with van der Waals surface area (Å²) in [7, 11) is -4.27. The molecule has 0 aliphatic rings. The number of rotatable bonds is 13. The summed E-state index contributed by atoms with van der Waals surface area (Å²) >= 11 is 6.30. The number of carbonyl (C=O) groups is 2. The number of nitrogens with one attached hydrogen (secondary N) is 1. The molecule has 44 heavy (non-hydrogen) atoms. The third-order valence-electron chi connectivity index (χ3n) is 7.17. The SMILES string of the molecule is CCCNC(=O)[C@@H](Cc1ccccc1)N(Cc1ccccc1F)C(=O)CN(c1cc(Cl)ccc1C)S(=O)(=O)c1ccccc1. The second-order valence-electron chi connectivity index (χ2n) is 10.4. The van der Waals surface area contributed by atoms with E-state index in [9.17, 15) is 22.4 Å². The van der Waals surface area contributed by atoms with Crippen molar-refractivity contribution in [3.63, 3.8) is 0 Å². The fraction of sp³-hybridized carbons (Fsp3) is 0.235. The zero-order valence-electron chi connectivity index (χ0n) is 24.6. The van der Waals surface area contributed by atoms with Crippen LogP contribution >= 0.6 is 11.6 Å². The zero-order chi connectivity index (χ0) is 31.7. The van der Waals surface area contributed by atoms with E-state index >= 15 is 0 Å². The van der Waals surface area contributed by atoms with Crippen molar-refractivity contribution in [3.05, 3.63) is 131 Å². The Labute approximate surface area is 263 Å². The quantitative estimate of drug-likeness (QED) is 0.191. The van der Waals surface area contributed by atoms with Crippen molar-refractivity contribution in [2.24, 2.45) is 0 Å². The smallest absolute Gasteiger partial charge is 0.264 e. The van der Waals surface area contributed by atoms with Crippen molar-refractivity contribution in [2.45, 2.75) is 44.2 Å². The molecule has 7 nitrogen and oxygen atoms in total. The fourth-order valence-electron chi connectivity index (χ4n) is 4.81. The number of anilines is 1. The maximum atomic E-state index is 15.0. The van der Waals surface area contributed by atoms with Crippen molar-refractivity contribution < 1.29 is 22.4 Å². The first kappa shape index (κ1) is 32.7. The van der Waals surface area contributed by atoms with Gasteiger partial charge in [0.25, 0.3) is 10.0 Å². The van der Waals surface area contributed by atoms with E-state index in [0.29, 0.717) is 18.5 Å². The van der Waals surface area contributed by atoms with Gasteiger partial charge in [-0.15, -0.1) is 0 Å². The van der Waals surface area contributed by atoms with Gasteiger partial charge in [0.05, 0.1) is 10.6 Å². The summed E-state index contributed by atoms with van der Waals surface area (Å²) in [6.45, 7) is 3.10. The fourth-order valence-corrected chi connectivity index (χ4v) is 6.47. The minimum Gasteiger partial charge on any atom is -0.354 e. The van der Waals surface area contributed by atoms with Crippen LogP contribution in [-0.4, -0.2) is 44.3 Å². The average molecular weight is 636 g/mol. The largest absolute Gasteiger partial charge is 0.354 e. The van der Waals surface area contributed by atoms with E-state index in [4.69, 9.17) is 11.6 Å². The molecule has 10 heteroatoms. The number of hydrogen-bond donors (Lipinski definition) is 1. The van der Waals surface area contributed by atoms with Crippen LogP contribution in [0.3, 0.4) is 0 Å². The lowest BCUT2D eigenvalue weighted by Gasteiger charge is -2.34. The summed E-state index contributed by atoms with van der Waals surface area (Å²) < 4.78 is 44.1. The molecular formula is C34H35ClFN3O4S. The second kappa shape index (κ2) is 15.0. The normalized spacial score (nSPS) is 11.9. The van der Waals surface area contributed by atoms with Crippen molar-refractivity contribution >= 4 is 39.1 Å². The van der Waals surface area contributed by atoms with Crippen LogP contribution in [0.2, 0.25) is 5.02 Å². The van der Waals surface area contributed by atoms with E-state index in [1.165, 1.54) is 35.2 Å². The molecule has 1 atom stereocenters. The van der Waals surface area contributed by atoms with Gasteiger partial charge in [-0.3, -0.25) is 13.9 Å². The highest BCUT2D eigenvalue weighted by Crippen LogP contribution is 2.30. The summed E-state index contributed by atoms with van der Waals surface area (Å²) in [5.41, 5.74) is 1.77. The number of halogens is 2. The molecule has 2 amide bonds. The average Bonchev–Trinajstić information content (AvgIpc) is 3.03. The first-order valence-corrected chi connectivity index (χ1v) is 16.1. The van der Waals surface area contributed by atoms with Crippen LogP contribution < -0.4 is 9.62 Å². The van der Waals surface area contributed by atoms with Gasteiger partial charge in [0.2, 0.25) is 11.8 Å². The maximum absolute atomic E-state index is 15.0. The standard InChI is InChI=1S/C34H35ClFN3O4S/c1-3-20-37-34(41)32(21-26-12-6-4-7-13-26)38(23-27-14-10-11-17-30(27)36)33(40)24-39(31-22-28(35)19-18-25(31)2)44(42,43)29-15-8-5-9-16-29/h4-19,22,32H,3,20-21,23-24H2,1-2H3,(H,37,41)/t32-/m1/s1. The summed E-state index contributed by atoms with van der Waals surface area (Å²) in [5.74, 6) is -1.64. The lowest BCUT2D eigenvalue weighted by Crippen LogP contribution is -2.53. The van der Waals surface area contributed by atoms with Crippen LogP contribution in [0.1, 0.15) is 30.0 Å². The highest BCUT2D eigenvalue weighted by molar-refractivity contribution is 7.92. The van der Waals surface area contributed by atoms with Crippen LogP contribution in [0.5, 0.6) is 0 Å². The van der Waals surface area contributed by atoms with Crippen molar-refractivity contribution in [2.75, 3.05) is 17.4 Å². The first-order chi connectivity index (χ1) is 21.1. The zero-order valence-corrected chi connectivity index (χ0v) is 26.2. The number of nitrogens with zero attached hydrogens (tertiary/aromatic N) is 2. The molecule has 0 heterocycles. The molecule has 0 aromatic heterocycles. The molecule has 0 saturated heterocycles. The van der Waals surface area contributed by atoms with Gasteiger partial charge in [0, 0.05) is 30.1 Å². The second-order valence-corrected chi connectivity index (χ2v) is 12.7. The third-order valence-corrected chi connectivity index (χ3v) is 9.18. The molecule has 4 aromatic rings. The summed E-state index contributed by atoms with van der Waals surface area (Å²) in [5, 5.41) is 3.16. The molecule has 0 fully saturated rings. The minimum absolute atomic E-state index is 0.0191. The third kappa shape index (κ3) is 8.03. The van der Waals surface area contributed by atoms with Gasteiger partial charge in [0.15, 0.2) is 0 Å². The predicted molar refractivity (Wildman–Crippen MR) is 171 cm³/mol. The molecule has 1 N–H and O–H groups in total. The van der Waals surface area contributed by atoms with E-state index in [1.54, 1.807) is 49.4 Å². The van der Waals surface area contributed by atoms with Crippen LogP contribution in [0.4, 0.5) is 10.1 Å². The molecule has 4 rings (SSSR count). The molecule has 0 radical (unpaired) electrons. The molecule has 0 aliphatic heterocycles. The van der Waals surface area contributed by atoms with Gasteiger partial charge in [-0.05, 0) is 54.8 Å². The van der Waals surface area contributed by atoms with E-state index in [-0.39, 0.29) is 34.1 Å². The Morgan fingerprint density at radius 1 is 0.909 bits per heavy atom. The van der Waals surface area contributed by atoms with E-state index in [1.807, 2.05) is 37.3 Å². The lowest BCUT2D eigenvalue weighted by molar-refractivity contribution is -0.140. The Bertz CT molecular complexity index is 1690. The number of sulfonamides is 1. The van der Waals surface area contributed by atoms with Gasteiger partial charge in [-0.25, -0.2) is 12.8 Å². The highest BCUT2D eigenvalue weighted by Gasteiger charge is 2.35. The Morgan fingerprint density at radius 2 is 1.55 bits per heavy atom. The topological polar surface area (TPSA) is 86.8 Å². The van der Waals surface area contributed by atoms with Crippen molar-refractivity contribution in [3.8, 4) is 0 Å². The van der Waals surface area contributed by atoms with Gasteiger partial charge in [-0.1, -0.05) is 91.3 Å². The van der Waals surface area contributed by atoms with Gasteiger partial charge >= 0.3 is 0 Å². The summed E-state index contributed by atoms with van der Waals surface area (Å²) in [4.78, 5) is 29.3. The van der Waals surface area contributed by atoms with E-state index < -0.39 is 40.2 Å². The summed E-state index contributed by atoms with van der Waals surface area (Å²) in [6, 6.07) is 26.7. The van der Waals surface area contributed by atoms with Gasteiger partial charge in [0.1, 0.15) is 18.4 Å². The number of amides is 2. The maximum Gasteiger partial charge on any atom is 0.264 e. The molecule has 0 saturated carbocycles. The monoisotopic (exact) mass is 635 g/mol. The molecule has 0 unspecified atom stereocenters. The number of hydrogen-bond acceptors (Lipinski definition) is 4. The number of aryl methyl sites for hydroxylation is 1. The van der Waals surface area contributed by atoms with Crippen LogP contribution in [0, 0.1) is 12.7 Å².